The zero-order chi connectivity index (χ0) is 10.0. The van der Waals surface area contributed by atoms with Crippen LogP contribution in [0.1, 0.15) is 0 Å². The van der Waals surface area contributed by atoms with Gasteiger partial charge in [-0.25, -0.2) is 0 Å². The summed E-state index contributed by atoms with van der Waals surface area (Å²) in [7, 11) is 1.41. The Kier molecular flexibility index (Phi) is 2.95. The van der Waals surface area contributed by atoms with Crippen LogP contribution in [0.5, 0.6) is 5.75 Å². The van der Waals surface area contributed by atoms with E-state index in [9.17, 15) is 10.1 Å². The van der Waals surface area contributed by atoms with Gasteiger partial charge in [-0.2, -0.15) is 0 Å². The highest BCUT2D eigenvalue weighted by Crippen LogP contribution is 2.38. The van der Waals surface area contributed by atoms with Gasteiger partial charge in [0.2, 0.25) is 0 Å². The summed E-state index contributed by atoms with van der Waals surface area (Å²) < 4.78 is 4.82. The Hall–Kier alpha value is -1.00. The molecule has 1 aromatic carbocycles. The first-order chi connectivity index (χ1) is 6.07. The first kappa shape index (κ1) is 10.1. The van der Waals surface area contributed by atoms with Gasteiger partial charge >= 0.3 is 0 Å². The van der Waals surface area contributed by atoms with Crippen molar-refractivity contribution < 1.29 is 9.66 Å². The van der Waals surface area contributed by atoms with Gasteiger partial charge in [0.1, 0.15) is 15.8 Å². The molecule has 0 aliphatic heterocycles. The van der Waals surface area contributed by atoms with E-state index in [-0.39, 0.29) is 15.7 Å². The van der Waals surface area contributed by atoms with Gasteiger partial charge in [-0.1, -0.05) is 23.2 Å². The lowest BCUT2D eigenvalue weighted by molar-refractivity contribution is -0.384. The molecule has 0 saturated carbocycles. The highest BCUT2D eigenvalue weighted by Gasteiger charge is 2.18. The van der Waals surface area contributed by atoms with Gasteiger partial charge in [0.15, 0.2) is 0 Å². The maximum Gasteiger partial charge on any atom is 0.289 e. The number of rotatable bonds is 2. The Balaban J connectivity index is 3.31. The van der Waals surface area contributed by atoms with Crippen LogP contribution in [0, 0.1) is 10.1 Å². The summed E-state index contributed by atoms with van der Waals surface area (Å²) in [5.41, 5.74) is -0.229. The summed E-state index contributed by atoms with van der Waals surface area (Å²) in [6.07, 6.45) is 0. The first-order valence-corrected chi connectivity index (χ1v) is 4.00. The Morgan fingerprint density at radius 2 is 2.00 bits per heavy atom. The molecule has 6 heteroatoms. The Labute approximate surface area is 84.2 Å². The average Bonchev–Trinajstić information content (AvgIpc) is 2.09. The van der Waals surface area contributed by atoms with Crippen LogP contribution < -0.4 is 4.74 Å². The second kappa shape index (κ2) is 3.81. The van der Waals surface area contributed by atoms with Crippen LogP contribution in [-0.4, -0.2) is 12.0 Å². The van der Waals surface area contributed by atoms with E-state index in [1.54, 1.807) is 0 Å². The SMILES string of the molecule is COc1ccc([N+](=O)[O-])c(Cl)c1Cl. The van der Waals surface area contributed by atoms with Gasteiger partial charge in [0.25, 0.3) is 5.69 Å². The molecule has 1 aromatic rings. The molecule has 0 unspecified atom stereocenters. The van der Waals surface area contributed by atoms with Crippen LogP contribution in [0.25, 0.3) is 0 Å². The van der Waals surface area contributed by atoms with Gasteiger partial charge in [-0.05, 0) is 6.07 Å². The lowest BCUT2D eigenvalue weighted by Crippen LogP contribution is -1.91. The fourth-order valence-electron chi connectivity index (χ4n) is 0.820. The first-order valence-electron chi connectivity index (χ1n) is 3.24. The molecule has 70 valence electrons. The van der Waals surface area contributed by atoms with E-state index >= 15 is 0 Å². The predicted molar refractivity (Wildman–Crippen MR) is 49.7 cm³/mol. The van der Waals surface area contributed by atoms with E-state index in [0.717, 1.165) is 0 Å². The average molecular weight is 222 g/mol. The molecule has 0 heterocycles. The molecule has 0 atom stereocenters. The maximum absolute atomic E-state index is 10.4. The molecule has 4 nitrogen and oxygen atoms in total. The lowest BCUT2D eigenvalue weighted by atomic mass is 10.3. The number of nitro benzene ring substituents is 1. The van der Waals surface area contributed by atoms with Crippen molar-refractivity contribution >= 4 is 28.9 Å². The van der Waals surface area contributed by atoms with Gasteiger partial charge in [0.05, 0.1) is 12.0 Å². The van der Waals surface area contributed by atoms with Gasteiger partial charge in [-0.3, -0.25) is 10.1 Å². The van der Waals surface area contributed by atoms with Crippen molar-refractivity contribution in [2.45, 2.75) is 0 Å². The van der Waals surface area contributed by atoms with Gasteiger partial charge in [-0.15, -0.1) is 0 Å². The van der Waals surface area contributed by atoms with Crippen molar-refractivity contribution in [1.82, 2.24) is 0 Å². The number of nitro groups is 1. The highest BCUT2D eigenvalue weighted by atomic mass is 35.5. The van der Waals surface area contributed by atoms with Gasteiger partial charge in [0, 0.05) is 6.07 Å². The van der Waals surface area contributed by atoms with Crippen LogP contribution in [0.2, 0.25) is 10.0 Å². The minimum absolute atomic E-state index is 0.0540. The van der Waals surface area contributed by atoms with Crippen LogP contribution in [0.3, 0.4) is 0 Å². The quantitative estimate of drug-likeness (QED) is 0.570. The van der Waals surface area contributed by atoms with Crippen LogP contribution in [0.4, 0.5) is 5.69 Å². The molecule has 0 radical (unpaired) electrons. The number of ether oxygens (including phenoxy) is 1. The van der Waals surface area contributed by atoms with E-state index in [4.69, 9.17) is 27.9 Å². The molecular formula is C7H5Cl2NO3. The topological polar surface area (TPSA) is 52.4 Å². The highest BCUT2D eigenvalue weighted by molar-refractivity contribution is 6.44. The summed E-state index contributed by atoms with van der Waals surface area (Å²) in [5.74, 6) is 0.317. The molecule has 0 aromatic heterocycles. The summed E-state index contributed by atoms with van der Waals surface area (Å²) in [6, 6.07) is 2.64. The summed E-state index contributed by atoms with van der Waals surface area (Å²) in [4.78, 5) is 9.79. The fraction of sp³-hybridized carbons (Fsp3) is 0.143. The van der Waals surface area contributed by atoms with Crippen LogP contribution in [0.15, 0.2) is 12.1 Å². The molecular weight excluding hydrogens is 217 g/mol. The van der Waals surface area contributed by atoms with Crippen molar-refractivity contribution in [3.63, 3.8) is 0 Å². The predicted octanol–water partition coefficient (Wildman–Crippen LogP) is 2.91. The van der Waals surface area contributed by atoms with Crippen LogP contribution >= 0.6 is 23.2 Å². The number of hydrogen-bond donors (Lipinski definition) is 0. The number of nitrogens with zero attached hydrogens (tertiary/aromatic N) is 1. The molecule has 0 amide bonds. The number of hydrogen-bond acceptors (Lipinski definition) is 3. The largest absolute Gasteiger partial charge is 0.495 e. The second-order valence-corrected chi connectivity index (χ2v) is 2.93. The lowest BCUT2D eigenvalue weighted by Gasteiger charge is -2.03. The van der Waals surface area contributed by atoms with E-state index in [2.05, 4.69) is 0 Å². The van der Waals surface area contributed by atoms with Crippen molar-refractivity contribution in [3.8, 4) is 5.75 Å². The number of methoxy groups -OCH3 is 1. The molecule has 0 fully saturated rings. The molecule has 1 rings (SSSR count). The Morgan fingerprint density at radius 1 is 1.38 bits per heavy atom. The third-order valence-corrected chi connectivity index (χ3v) is 2.30. The molecule has 0 N–H and O–H groups in total. The van der Waals surface area contributed by atoms with Crippen molar-refractivity contribution in [3.05, 3.63) is 32.3 Å². The standard InChI is InChI=1S/C7H5Cl2NO3/c1-13-5-3-2-4(10(11)12)6(8)7(5)9/h2-3H,1H3. The molecule has 0 aliphatic carbocycles. The zero-order valence-corrected chi connectivity index (χ0v) is 8.09. The van der Waals surface area contributed by atoms with E-state index in [1.165, 1.54) is 19.2 Å². The Bertz CT molecular complexity index is 354. The van der Waals surface area contributed by atoms with Gasteiger partial charge < -0.3 is 4.74 Å². The van der Waals surface area contributed by atoms with Crippen molar-refractivity contribution in [2.75, 3.05) is 7.11 Å². The third kappa shape index (κ3) is 1.84. The van der Waals surface area contributed by atoms with Crippen molar-refractivity contribution in [1.29, 1.82) is 0 Å². The normalized spacial score (nSPS) is 9.77. The smallest absolute Gasteiger partial charge is 0.289 e. The minimum Gasteiger partial charge on any atom is -0.495 e. The molecule has 0 saturated heterocycles. The monoisotopic (exact) mass is 221 g/mol. The summed E-state index contributed by atoms with van der Waals surface area (Å²) in [5, 5.41) is 10.3. The summed E-state index contributed by atoms with van der Waals surface area (Å²) in [6.45, 7) is 0. The summed E-state index contributed by atoms with van der Waals surface area (Å²) >= 11 is 11.3. The molecule has 13 heavy (non-hydrogen) atoms. The maximum atomic E-state index is 10.4. The zero-order valence-electron chi connectivity index (χ0n) is 6.58. The second-order valence-electron chi connectivity index (χ2n) is 2.17. The van der Waals surface area contributed by atoms with Crippen molar-refractivity contribution in [2.24, 2.45) is 0 Å². The molecule has 0 aliphatic rings. The molecule has 0 bridgehead atoms. The number of benzene rings is 1. The van der Waals surface area contributed by atoms with Crippen LogP contribution in [-0.2, 0) is 0 Å². The minimum atomic E-state index is -0.604. The van der Waals surface area contributed by atoms with E-state index < -0.39 is 4.92 Å². The van der Waals surface area contributed by atoms with E-state index in [0.29, 0.717) is 5.75 Å². The Morgan fingerprint density at radius 3 is 2.46 bits per heavy atom. The van der Waals surface area contributed by atoms with E-state index in [1.807, 2.05) is 0 Å². The number of halogens is 2. The third-order valence-electron chi connectivity index (χ3n) is 1.44. The fourth-order valence-corrected chi connectivity index (χ4v) is 1.28. The molecule has 0 spiro atoms.